The third-order valence-corrected chi connectivity index (χ3v) is 8.99. The van der Waals surface area contributed by atoms with Gasteiger partial charge < -0.3 is 40.4 Å². The SMILES string of the molecule is CNC(=O)CN1CN(c2ccccc2)C2(CCN(C(=O)[C@@H](Cc3ccc(OC)cc3)NC(=O)C(N)Cc3cncn3C)CC2)C1=O. The fourth-order valence-electron chi connectivity index (χ4n) is 6.27. The van der Waals surface area contributed by atoms with E-state index in [0.717, 1.165) is 16.9 Å². The molecule has 2 aromatic carbocycles. The molecule has 3 heterocycles. The quantitative estimate of drug-likeness (QED) is 0.276. The fourth-order valence-corrected chi connectivity index (χ4v) is 6.27. The first kappa shape index (κ1) is 32.5. The minimum absolute atomic E-state index is 0.0435. The van der Waals surface area contributed by atoms with Gasteiger partial charge in [-0.2, -0.15) is 0 Å². The highest BCUT2D eigenvalue weighted by atomic mass is 16.5. The zero-order chi connectivity index (χ0) is 32.8. The molecule has 5 rings (SSSR count). The molecule has 244 valence electrons. The molecular formula is C33H42N8O5. The number of methoxy groups -OCH3 is 1. The van der Waals surface area contributed by atoms with Crippen molar-refractivity contribution in [3.63, 3.8) is 0 Å². The van der Waals surface area contributed by atoms with Crippen LogP contribution in [-0.4, -0.2) is 101 Å². The second kappa shape index (κ2) is 14.0. The van der Waals surface area contributed by atoms with Crippen molar-refractivity contribution in [1.82, 2.24) is 30.0 Å². The first-order valence-electron chi connectivity index (χ1n) is 15.4. The molecule has 46 heavy (non-hydrogen) atoms. The molecule has 0 radical (unpaired) electrons. The van der Waals surface area contributed by atoms with Crippen LogP contribution in [0.5, 0.6) is 5.75 Å². The van der Waals surface area contributed by atoms with E-state index in [1.165, 1.54) is 0 Å². The lowest BCUT2D eigenvalue weighted by molar-refractivity contribution is -0.141. The van der Waals surface area contributed by atoms with E-state index >= 15 is 0 Å². The molecule has 2 aliphatic heterocycles. The van der Waals surface area contributed by atoms with Crippen molar-refractivity contribution in [3.8, 4) is 5.75 Å². The van der Waals surface area contributed by atoms with Gasteiger partial charge in [-0.05, 0) is 42.7 Å². The van der Waals surface area contributed by atoms with Crippen LogP contribution >= 0.6 is 0 Å². The number of rotatable bonds is 11. The first-order chi connectivity index (χ1) is 22.1. The zero-order valence-corrected chi connectivity index (χ0v) is 26.5. The Morgan fingerprint density at radius 2 is 1.74 bits per heavy atom. The number of piperidine rings is 1. The standard InChI is InChI=1S/C33H42N8O5/c1-35-29(42)20-40-22-41(24-7-5-4-6-8-24)33(32(40)45)13-15-39(16-14-33)31(44)28(17-23-9-11-26(46-3)12-10-23)37-30(43)27(34)18-25-19-36-21-38(25)2/h4-12,19,21,27-28H,13-18,20,22,34H2,1-3H3,(H,35,42)(H,37,43)/t27?,28-/m1/s1. The Hall–Kier alpha value is -4.91. The molecule has 1 unspecified atom stereocenters. The van der Waals surface area contributed by atoms with E-state index in [4.69, 9.17) is 10.5 Å². The number of hydrogen-bond acceptors (Lipinski definition) is 8. The van der Waals surface area contributed by atoms with Crippen LogP contribution in [0.15, 0.2) is 67.1 Å². The summed E-state index contributed by atoms with van der Waals surface area (Å²) in [4.78, 5) is 63.0. The van der Waals surface area contributed by atoms with Crippen LogP contribution in [0.3, 0.4) is 0 Å². The first-order valence-corrected chi connectivity index (χ1v) is 15.4. The summed E-state index contributed by atoms with van der Waals surface area (Å²) in [6.45, 7) is 0.836. The van der Waals surface area contributed by atoms with Gasteiger partial charge in [0.15, 0.2) is 0 Å². The summed E-state index contributed by atoms with van der Waals surface area (Å²) in [5, 5.41) is 5.51. The molecule has 2 atom stereocenters. The molecule has 2 fully saturated rings. The summed E-state index contributed by atoms with van der Waals surface area (Å²) in [6.07, 6.45) is 4.58. The summed E-state index contributed by atoms with van der Waals surface area (Å²) in [5.74, 6) is -0.371. The minimum Gasteiger partial charge on any atom is -0.497 e. The minimum atomic E-state index is -0.896. The van der Waals surface area contributed by atoms with Crippen molar-refractivity contribution in [2.24, 2.45) is 12.8 Å². The average molecular weight is 631 g/mol. The number of anilines is 1. The summed E-state index contributed by atoms with van der Waals surface area (Å²) in [5.41, 5.74) is 7.92. The Morgan fingerprint density at radius 1 is 1.04 bits per heavy atom. The third-order valence-electron chi connectivity index (χ3n) is 8.99. The van der Waals surface area contributed by atoms with Gasteiger partial charge in [-0.3, -0.25) is 19.2 Å². The van der Waals surface area contributed by atoms with E-state index in [1.807, 2.05) is 66.5 Å². The zero-order valence-electron chi connectivity index (χ0n) is 26.5. The van der Waals surface area contributed by atoms with Crippen LogP contribution < -0.4 is 26.0 Å². The number of amides is 4. The number of likely N-dealkylation sites (N-methyl/N-ethyl adjacent to an activating group) is 1. The van der Waals surface area contributed by atoms with Crippen LogP contribution in [0.4, 0.5) is 5.69 Å². The van der Waals surface area contributed by atoms with Crippen LogP contribution in [0.2, 0.25) is 0 Å². The van der Waals surface area contributed by atoms with E-state index in [0.29, 0.717) is 31.7 Å². The molecule has 13 nitrogen and oxygen atoms in total. The molecule has 2 saturated heterocycles. The molecular weight excluding hydrogens is 588 g/mol. The van der Waals surface area contributed by atoms with Crippen LogP contribution in [0, 0.1) is 0 Å². The normalized spacial score (nSPS) is 17.1. The van der Waals surface area contributed by atoms with E-state index in [-0.39, 0.29) is 43.8 Å². The number of para-hydroxylation sites is 1. The largest absolute Gasteiger partial charge is 0.497 e. The van der Waals surface area contributed by atoms with Crippen molar-refractivity contribution >= 4 is 29.3 Å². The number of carbonyl (C=O) groups excluding carboxylic acids is 4. The lowest BCUT2D eigenvalue weighted by Gasteiger charge is -2.44. The van der Waals surface area contributed by atoms with E-state index in [9.17, 15) is 19.2 Å². The number of hydrogen-bond donors (Lipinski definition) is 3. The molecule has 0 saturated carbocycles. The number of aromatic nitrogens is 2. The highest BCUT2D eigenvalue weighted by Gasteiger charge is 2.54. The van der Waals surface area contributed by atoms with Crippen molar-refractivity contribution in [2.75, 3.05) is 45.4 Å². The van der Waals surface area contributed by atoms with Gasteiger partial charge in [0.05, 0.1) is 26.1 Å². The van der Waals surface area contributed by atoms with Gasteiger partial charge in [0.1, 0.15) is 23.9 Å². The number of benzene rings is 2. The lowest BCUT2D eigenvalue weighted by atomic mass is 9.85. The Bertz CT molecular complexity index is 1530. The number of nitrogens with two attached hydrogens (primary N) is 1. The number of carbonyl (C=O) groups is 4. The highest BCUT2D eigenvalue weighted by molar-refractivity contribution is 5.96. The van der Waals surface area contributed by atoms with Crippen molar-refractivity contribution in [1.29, 1.82) is 0 Å². The Balaban J connectivity index is 1.34. The predicted molar refractivity (Wildman–Crippen MR) is 172 cm³/mol. The van der Waals surface area contributed by atoms with Gasteiger partial charge in [0, 0.05) is 57.6 Å². The smallest absolute Gasteiger partial charge is 0.250 e. The van der Waals surface area contributed by atoms with Gasteiger partial charge in [-0.1, -0.05) is 30.3 Å². The van der Waals surface area contributed by atoms with Gasteiger partial charge in [-0.15, -0.1) is 0 Å². The molecule has 3 aromatic rings. The van der Waals surface area contributed by atoms with Gasteiger partial charge in [0.2, 0.25) is 17.7 Å². The molecule has 1 spiro atoms. The topological polar surface area (TPSA) is 155 Å². The van der Waals surface area contributed by atoms with Gasteiger partial charge in [0.25, 0.3) is 5.91 Å². The third kappa shape index (κ3) is 6.84. The van der Waals surface area contributed by atoms with Crippen molar-refractivity contribution in [3.05, 3.63) is 78.4 Å². The summed E-state index contributed by atoms with van der Waals surface area (Å²) >= 11 is 0. The molecule has 0 bridgehead atoms. The highest BCUT2D eigenvalue weighted by Crippen LogP contribution is 2.39. The molecule has 13 heteroatoms. The van der Waals surface area contributed by atoms with Crippen molar-refractivity contribution in [2.45, 2.75) is 43.3 Å². The number of nitrogens with zero attached hydrogens (tertiary/aromatic N) is 5. The maximum atomic E-state index is 14.1. The molecule has 1 aromatic heterocycles. The number of imidazole rings is 1. The van der Waals surface area contributed by atoms with Gasteiger partial charge >= 0.3 is 0 Å². The molecule has 0 aliphatic carbocycles. The van der Waals surface area contributed by atoms with Crippen LogP contribution in [0.25, 0.3) is 0 Å². The maximum Gasteiger partial charge on any atom is 0.250 e. The number of nitrogens with one attached hydrogen (secondary N) is 2. The molecule has 2 aliphatic rings. The fraction of sp³-hybridized carbons (Fsp3) is 0.424. The van der Waals surface area contributed by atoms with Crippen LogP contribution in [-0.2, 0) is 39.1 Å². The summed E-state index contributed by atoms with van der Waals surface area (Å²) < 4.78 is 7.08. The maximum absolute atomic E-state index is 14.1. The predicted octanol–water partition coefficient (Wildman–Crippen LogP) is 0.440. The monoisotopic (exact) mass is 630 g/mol. The second-order valence-electron chi connectivity index (χ2n) is 11.9. The Kier molecular flexibility index (Phi) is 9.90. The number of likely N-dealkylation sites (tertiary alicyclic amines) is 1. The molecule has 4 amide bonds. The van der Waals surface area contributed by atoms with E-state index in [2.05, 4.69) is 15.6 Å². The number of ether oxygens (including phenoxy) is 1. The molecule has 4 N–H and O–H groups in total. The van der Waals surface area contributed by atoms with E-state index < -0.39 is 23.5 Å². The average Bonchev–Trinajstić information content (AvgIpc) is 3.60. The van der Waals surface area contributed by atoms with Crippen LogP contribution in [0.1, 0.15) is 24.1 Å². The van der Waals surface area contributed by atoms with Gasteiger partial charge in [-0.25, -0.2) is 4.98 Å². The summed E-state index contributed by atoms with van der Waals surface area (Å²) in [7, 11) is 4.96. The number of aryl methyl sites for hydroxylation is 1. The Labute approximate surface area is 268 Å². The van der Waals surface area contributed by atoms with E-state index in [1.54, 1.807) is 41.0 Å². The lowest BCUT2D eigenvalue weighted by Crippen LogP contribution is -2.60. The Morgan fingerprint density at radius 3 is 2.35 bits per heavy atom. The van der Waals surface area contributed by atoms with Crippen molar-refractivity contribution < 1.29 is 23.9 Å². The second-order valence-corrected chi connectivity index (χ2v) is 11.9. The summed E-state index contributed by atoms with van der Waals surface area (Å²) in [6, 6.07) is 15.2.